The van der Waals surface area contributed by atoms with Crippen molar-refractivity contribution in [3.05, 3.63) is 11.8 Å². The van der Waals surface area contributed by atoms with Crippen LogP contribution >= 0.6 is 0 Å². The van der Waals surface area contributed by atoms with Crippen molar-refractivity contribution < 1.29 is 14.7 Å². The van der Waals surface area contributed by atoms with E-state index in [1.807, 2.05) is 19.0 Å². The maximum absolute atomic E-state index is 11.5. The van der Waals surface area contributed by atoms with Crippen molar-refractivity contribution in [3.63, 3.8) is 0 Å². The lowest BCUT2D eigenvalue weighted by Gasteiger charge is -2.23. The highest BCUT2D eigenvalue weighted by molar-refractivity contribution is 6.08. The van der Waals surface area contributed by atoms with E-state index in [0.29, 0.717) is 23.7 Å². The Kier molecular flexibility index (Phi) is 4.04. The molecule has 108 valence electrons. The van der Waals surface area contributed by atoms with Crippen LogP contribution in [0.1, 0.15) is 10.4 Å². The van der Waals surface area contributed by atoms with Crippen LogP contribution in [0.25, 0.3) is 0 Å². The average molecular weight is 279 g/mol. The molecule has 0 aliphatic carbocycles. The number of hydrogen-bond donors (Lipinski definition) is 4. The van der Waals surface area contributed by atoms with Gasteiger partial charge in [-0.3, -0.25) is 4.79 Å². The average Bonchev–Trinajstić information content (AvgIpc) is 2.38. The van der Waals surface area contributed by atoms with Gasteiger partial charge in [0, 0.05) is 19.3 Å². The van der Waals surface area contributed by atoms with Crippen LogP contribution in [0.5, 0.6) is 0 Å². The Bertz CT molecular complexity index is 544. The molecule has 0 aromatic carbocycles. The van der Waals surface area contributed by atoms with Gasteiger partial charge in [-0.05, 0) is 14.1 Å². The Balaban J connectivity index is 2.33. The van der Waals surface area contributed by atoms with E-state index in [9.17, 15) is 14.7 Å². The van der Waals surface area contributed by atoms with E-state index >= 15 is 0 Å². The van der Waals surface area contributed by atoms with Gasteiger partial charge in [-0.2, -0.15) is 0 Å². The number of fused-ring (bicyclic) bond motifs is 1. The molecule has 4 N–H and O–H groups in total. The second-order valence-electron chi connectivity index (χ2n) is 4.71. The largest absolute Gasteiger partial charge is 0.478 e. The van der Waals surface area contributed by atoms with Gasteiger partial charge in [-0.1, -0.05) is 0 Å². The first-order valence-corrected chi connectivity index (χ1v) is 6.17. The summed E-state index contributed by atoms with van der Waals surface area (Å²) in [5.41, 5.74) is 0.802. The smallest absolute Gasteiger partial charge is 0.339 e. The Morgan fingerprint density at radius 2 is 2.30 bits per heavy atom. The molecule has 8 heteroatoms. The van der Waals surface area contributed by atoms with Crippen molar-refractivity contribution >= 4 is 29.1 Å². The van der Waals surface area contributed by atoms with Crippen LogP contribution < -0.4 is 16.0 Å². The SMILES string of the molecule is CN(C)CCNc1c(C(=O)O)cnc2c1NC(=O)CN2. The number of carbonyl (C=O) groups is 2. The second-order valence-corrected chi connectivity index (χ2v) is 4.71. The molecule has 0 atom stereocenters. The molecular formula is C12H17N5O3. The van der Waals surface area contributed by atoms with E-state index in [2.05, 4.69) is 20.9 Å². The van der Waals surface area contributed by atoms with Crippen LogP contribution in [0, 0.1) is 0 Å². The molecule has 2 rings (SSSR count). The number of carboxylic acids is 1. The first kappa shape index (κ1) is 14.1. The van der Waals surface area contributed by atoms with Crippen LogP contribution in [-0.2, 0) is 4.79 Å². The zero-order valence-corrected chi connectivity index (χ0v) is 11.4. The summed E-state index contributed by atoms with van der Waals surface area (Å²) < 4.78 is 0. The van der Waals surface area contributed by atoms with Crippen molar-refractivity contribution in [1.29, 1.82) is 0 Å². The molecule has 0 saturated carbocycles. The van der Waals surface area contributed by atoms with Crippen LogP contribution in [0.4, 0.5) is 17.2 Å². The molecule has 0 radical (unpaired) electrons. The monoisotopic (exact) mass is 279 g/mol. The minimum atomic E-state index is -1.09. The Morgan fingerprint density at radius 1 is 1.55 bits per heavy atom. The van der Waals surface area contributed by atoms with E-state index in [0.717, 1.165) is 6.54 Å². The van der Waals surface area contributed by atoms with Gasteiger partial charge in [-0.25, -0.2) is 9.78 Å². The molecule has 0 saturated heterocycles. The quantitative estimate of drug-likeness (QED) is 0.606. The number of nitrogens with zero attached hydrogens (tertiary/aromatic N) is 2. The maximum atomic E-state index is 11.5. The first-order chi connectivity index (χ1) is 9.49. The number of amides is 1. The third kappa shape index (κ3) is 2.97. The van der Waals surface area contributed by atoms with Crippen LogP contribution in [-0.4, -0.2) is 60.6 Å². The molecule has 1 aromatic heterocycles. The Labute approximate surface area is 116 Å². The number of pyridine rings is 1. The molecule has 0 unspecified atom stereocenters. The molecule has 1 aliphatic heterocycles. The summed E-state index contributed by atoms with van der Waals surface area (Å²) in [6, 6.07) is 0. The summed E-state index contributed by atoms with van der Waals surface area (Å²) in [4.78, 5) is 28.7. The summed E-state index contributed by atoms with van der Waals surface area (Å²) in [6.07, 6.45) is 1.28. The van der Waals surface area contributed by atoms with E-state index in [-0.39, 0.29) is 18.0 Å². The van der Waals surface area contributed by atoms with E-state index in [1.54, 1.807) is 0 Å². The van der Waals surface area contributed by atoms with Crippen LogP contribution in [0.15, 0.2) is 6.20 Å². The number of anilines is 3. The number of hydrogen-bond acceptors (Lipinski definition) is 6. The summed E-state index contributed by atoms with van der Waals surface area (Å²) in [6.45, 7) is 1.42. The van der Waals surface area contributed by atoms with Gasteiger partial charge in [0.25, 0.3) is 0 Å². The zero-order chi connectivity index (χ0) is 14.7. The van der Waals surface area contributed by atoms with Crippen molar-refractivity contribution in [3.8, 4) is 0 Å². The standard InChI is InChI=1S/C12H17N5O3/c1-17(2)4-3-13-9-7(12(19)20)5-14-11-10(9)16-8(18)6-15-11/h5H,3-4,6H2,1-2H3,(H,16,18)(H,19,20)(H2,13,14,15). The van der Waals surface area contributed by atoms with Gasteiger partial charge in [-0.15, -0.1) is 0 Å². The first-order valence-electron chi connectivity index (χ1n) is 6.17. The van der Waals surface area contributed by atoms with Crippen molar-refractivity contribution in [1.82, 2.24) is 9.88 Å². The second kappa shape index (κ2) is 5.74. The van der Waals surface area contributed by atoms with Gasteiger partial charge in [0.15, 0.2) is 5.82 Å². The summed E-state index contributed by atoms with van der Waals surface area (Å²) in [5, 5.41) is 17.8. The Hall–Kier alpha value is -2.35. The highest BCUT2D eigenvalue weighted by Crippen LogP contribution is 2.33. The minimum Gasteiger partial charge on any atom is -0.478 e. The number of likely N-dealkylation sites (N-methyl/N-ethyl adjacent to an activating group) is 1. The molecule has 2 heterocycles. The third-order valence-electron chi connectivity index (χ3n) is 2.85. The topological polar surface area (TPSA) is 107 Å². The summed E-state index contributed by atoms with van der Waals surface area (Å²) >= 11 is 0. The summed E-state index contributed by atoms with van der Waals surface area (Å²) in [7, 11) is 3.84. The number of carboxylic acid groups (broad SMARTS) is 1. The molecule has 1 amide bonds. The van der Waals surface area contributed by atoms with Gasteiger partial charge in [0.1, 0.15) is 11.3 Å². The van der Waals surface area contributed by atoms with Crippen LogP contribution in [0.2, 0.25) is 0 Å². The van der Waals surface area contributed by atoms with Crippen molar-refractivity contribution in [2.24, 2.45) is 0 Å². The van der Waals surface area contributed by atoms with Crippen LogP contribution in [0.3, 0.4) is 0 Å². The number of nitrogens with one attached hydrogen (secondary N) is 3. The number of carbonyl (C=O) groups excluding carboxylic acids is 1. The molecule has 1 aliphatic rings. The lowest BCUT2D eigenvalue weighted by atomic mass is 10.1. The van der Waals surface area contributed by atoms with Gasteiger partial charge in [0.05, 0.1) is 12.2 Å². The molecule has 0 spiro atoms. The molecular weight excluding hydrogens is 262 g/mol. The fourth-order valence-corrected chi connectivity index (χ4v) is 1.86. The minimum absolute atomic E-state index is 0.0338. The predicted octanol–water partition coefficient (Wildman–Crippen LogP) is 0.117. The fraction of sp³-hybridized carbons (Fsp3) is 0.417. The zero-order valence-electron chi connectivity index (χ0n) is 11.4. The highest BCUT2D eigenvalue weighted by Gasteiger charge is 2.23. The van der Waals surface area contributed by atoms with Gasteiger partial charge in [0.2, 0.25) is 5.91 Å². The highest BCUT2D eigenvalue weighted by atomic mass is 16.4. The molecule has 0 bridgehead atoms. The fourth-order valence-electron chi connectivity index (χ4n) is 1.86. The maximum Gasteiger partial charge on any atom is 0.339 e. The molecule has 0 fully saturated rings. The predicted molar refractivity (Wildman–Crippen MR) is 75.4 cm³/mol. The van der Waals surface area contributed by atoms with E-state index < -0.39 is 5.97 Å². The number of rotatable bonds is 5. The number of aromatic nitrogens is 1. The van der Waals surface area contributed by atoms with E-state index in [1.165, 1.54) is 6.20 Å². The lowest BCUT2D eigenvalue weighted by Crippen LogP contribution is -2.30. The van der Waals surface area contributed by atoms with Crippen molar-refractivity contribution in [2.75, 3.05) is 49.7 Å². The number of aromatic carboxylic acids is 1. The Morgan fingerprint density at radius 3 is 2.95 bits per heavy atom. The third-order valence-corrected chi connectivity index (χ3v) is 2.85. The lowest BCUT2D eigenvalue weighted by molar-refractivity contribution is -0.114. The van der Waals surface area contributed by atoms with Crippen molar-refractivity contribution in [2.45, 2.75) is 0 Å². The molecule has 1 aromatic rings. The van der Waals surface area contributed by atoms with Gasteiger partial charge >= 0.3 is 5.97 Å². The summed E-state index contributed by atoms with van der Waals surface area (Å²) in [5.74, 6) is -0.841. The van der Waals surface area contributed by atoms with Gasteiger partial charge < -0.3 is 26.0 Å². The van der Waals surface area contributed by atoms with E-state index in [4.69, 9.17) is 0 Å². The molecule has 20 heavy (non-hydrogen) atoms. The normalized spacial score (nSPS) is 13.4. The molecule has 8 nitrogen and oxygen atoms in total.